The molecule has 2 aliphatic heterocycles. The van der Waals surface area contributed by atoms with Gasteiger partial charge in [0.05, 0.1) is 0 Å². The number of nitrogens with zero attached hydrogens (tertiary/aromatic N) is 1. The van der Waals surface area contributed by atoms with Gasteiger partial charge in [0.25, 0.3) is 0 Å². The molecule has 3 heterocycles. The molecule has 1 spiro atoms. The molecule has 1 aromatic carbocycles. The van der Waals surface area contributed by atoms with Crippen molar-refractivity contribution in [2.75, 3.05) is 26.2 Å². The summed E-state index contributed by atoms with van der Waals surface area (Å²) in [4.78, 5) is 4.41. The van der Waals surface area contributed by atoms with Crippen LogP contribution in [0.1, 0.15) is 68.2 Å². The molecule has 5 rings (SSSR count). The molecule has 0 radical (unpaired) electrons. The normalized spacial score (nSPS) is 24.6. The molecular formula is C24H34N2S. The lowest BCUT2D eigenvalue weighted by molar-refractivity contribution is 0.127. The number of benzene rings is 1. The van der Waals surface area contributed by atoms with Gasteiger partial charge in [-0.15, -0.1) is 11.3 Å². The molecule has 0 amide bonds. The highest BCUT2D eigenvalue weighted by molar-refractivity contribution is 7.19. The number of piperidine rings is 1. The minimum atomic E-state index is 0.380. The first kappa shape index (κ1) is 18.1. The lowest BCUT2D eigenvalue weighted by Gasteiger charge is -2.45. The molecule has 1 aromatic heterocycles. The molecule has 1 saturated heterocycles. The highest BCUT2D eigenvalue weighted by Gasteiger charge is 2.41. The molecule has 1 saturated carbocycles. The lowest BCUT2D eigenvalue weighted by atomic mass is 9.70. The van der Waals surface area contributed by atoms with Crippen molar-refractivity contribution >= 4 is 21.4 Å². The van der Waals surface area contributed by atoms with E-state index in [1.807, 2.05) is 11.3 Å². The van der Waals surface area contributed by atoms with Crippen LogP contribution in [0.25, 0.3) is 10.1 Å². The van der Waals surface area contributed by atoms with Crippen molar-refractivity contribution in [3.63, 3.8) is 0 Å². The molecule has 0 unspecified atom stereocenters. The summed E-state index contributed by atoms with van der Waals surface area (Å²) in [7, 11) is 0. The Hall–Kier alpha value is -0.900. The smallest absolute Gasteiger partial charge is 0.0349 e. The second kappa shape index (κ2) is 7.85. The minimum absolute atomic E-state index is 0.380. The summed E-state index contributed by atoms with van der Waals surface area (Å²) in [6, 6.07) is 9.12. The fourth-order valence-corrected chi connectivity index (χ4v) is 7.28. The quantitative estimate of drug-likeness (QED) is 0.717. The summed E-state index contributed by atoms with van der Waals surface area (Å²) in [5.41, 5.74) is 2.09. The Bertz CT molecular complexity index is 764. The van der Waals surface area contributed by atoms with Crippen molar-refractivity contribution in [1.82, 2.24) is 10.2 Å². The van der Waals surface area contributed by atoms with E-state index in [2.05, 4.69) is 34.5 Å². The summed E-state index contributed by atoms with van der Waals surface area (Å²) in [5, 5.41) is 5.31. The van der Waals surface area contributed by atoms with Gasteiger partial charge in [-0.3, -0.25) is 0 Å². The Morgan fingerprint density at radius 1 is 1.00 bits per heavy atom. The van der Waals surface area contributed by atoms with E-state index >= 15 is 0 Å². The minimum Gasteiger partial charge on any atom is -0.311 e. The molecule has 146 valence electrons. The summed E-state index contributed by atoms with van der Waals surface area (Å²) >= 11 is 2.02. The van der Waals surface area contributed by atoms with Crippen molar-refractivity contribution in [2.24, 2.45) is 5.92 Å². The zero-order valence-electron chi connectivity index (χ0n) is 16.6. The summed E-state index contributed by atoms with van der Waals surface area (Å²) in [6.45, 7) is 6.20. The van der Waals surface area contributed by atoms with Gasteiger partial charge in [-0.25, -0.2) is 0 Å². The maximum absolute atomic E-state index is 3.77. The van der Waals surface area contributed by atoms with Crippen LogP contribution in [0.2, 0.25) is 0 Å². The zero-order chi connectivity index (χ0) is 18.1. The van der Waals surface area contributed by atoms with Gasteiger partial charge >= 0.3 is 0 Å². The van der Waals surface area contributed by atoms with E-state index in [1.165, 1.54) is 88.7 Å². The topological polar surface area (TPSA) is 15.3 Å². The predicted octanol–water partition coefficient (Wildman–Crippen LogP) is 5.70. The number of thiophene rings is 1. The van der Waals surface area contributed by atoms with Gasteiger partial charge in [0.2, 0.25) is 0 Å². The van der Waals surface area contributed by atoms with Gasteiger partial charge < -0.3 is 10.2 Å². The predicted molar refractivity (Wildman–Crippen MR) is 117 cm³/mol. The van der Waals surface area contributed by atoms with E-state index < -0.39 is 0 Å². The molecule has 0 bridgehead atoms. The van der Waals surface area contributed by atoms with Crippen LogP contribution in [0.15, 0.2) is 24.3 Å². The molecule has 2 fully saturated rings. The van der Waals surface area contributed by atoms with Crippen LogP contribution in [0.3, 0.4) is 0 Å². The Balaban J connectivity index is 1.30. The third kappa shape index (κ3) is 3.59. The lowest BCUT2D eigenvalue weighted by Crippen LogP contribution is -2.51. The Labute approximate surface area is 168 Å². The van der Waals surface area contributed by atoms with Crippen molar-refractivity contribution in [3.8, 4) is 0 Å². The number of hydrogen-bond acceptors (Lipinski definition) is 3. The number of fused-ring (bicyclic) bond motifs is 4. The summed E-state index contributed by atoms with van der Waals surface area (Å²) in [5.74, 6) is 0.960. The highest BCUT2D eigenvalue weighted by Crippen LogP contribution is 2.46. The van der Waals surface area contributed by atoms with Crippen LogP contribution in [-0.4, -0.2) is 31.1 Å². The van der Waals surface area contributed by atoms with Crippen molar-refractivity contribution in [3.05, 3.63) is 34.7 Å². The zero-order valence-corrected chi connectivity index (χ0v) is 17.5. The number of nitrogens with one attached hydrogen (secondary N) is 1. The average Bonchev–Trinajstić information content (AvgIpc) is 3.06. The monoisotopic (exact) mass is 382 g/mol. The molecule has 0 atom stereocenters. The third-order valence-corrected chi connectivity index (χ3v) is 8.67. The van der Waals surface area contributed by atoms with E-state index in [9.17, 15) is 0 Å². The van der Waals surface area contributed by atoms with E-state index in [1.54, 1.807) is 15.8 Å². The first-order valence-corrected chi connectivity index (χ1v) is 12.1. The standard InChI is InChI=1S/C24H34N2S/c1-2-4-8-19(9-5-3-1)17-26-14-12-24(13-15-26)18-25-16-22-23(24)20-10-6-7-11-21(20)27-22/h6-7,10-11,19,25H,1-5,8-9,12-18H2. The molecular weight excluding hydrogens is 348 g/mol. The van der Waals surface area contributed by atoms with Crippen molar-refractivity contribution < 1.29 is 0 Å². The Kier molecular flexibility index (Phi) is 5.28. The van der Waals surface area contributed by atoms with Gasteiger partial charge in [0.15, 0.2) is 0 Å². The van der Waals surface area contributed by atoms with Crippen LogP contribution >= 0.6 is 11.3 Å². The fourth-order valence-electron chi connectivity index (χ4n) is 5.98. The van der Waals surface area contributed by atoms with Crippen LogP contribution in [0.5, 0.6) is 0 Å². The van der Waals surface area contributed by atoms with Gasteiger partial charge in [0, 0.05) is 34.6 Å². The largest absolute Gasteiger partial charge is 0.311 e. The number of rotatable bonds is 2. The fraction of sp³-hybridized carbons (Fsp3) is 0.667. The maximum Gasteiger partial charge on any atom is 0.0349 e. The van der Waals surface area contributed by atoms with E-state index in [4.69, 9.17) is 0 Å². The second-order valence-corrected chi connectivity index (χ2v) is 10.4. The van der Waals surface area contributed by atoms with Gasteiger partial charge in [-0.05, 0) is 61.7 Å². The van der Waals surface area contributed by atoms with Gasteiger partial charge in [-0.2, -0.15) is 0 Å². The molecule has 2 nitrogen and oxygen atoms in total. The van der Waals surface area contributed by atoms with Crippen LogP contribution in [0, 0.1) is 5.92 Å². The van der Waals surface area contributed by atoms with Crippen molar-refractivity contribution in [1.29, 1.82) is 0 Å². The Morgan fingerprint density at radius 3 is 2.56 bits per heavy atom. The maximum atomic E-state index is 3.77. The molecule has 1 aliphatic carbocycles. The SMILES string of the molecule is c1ccc2c3c(sc2c1)CNCC31CCN(CC2CCCCCCC2)CC1. The molecule has 1 N–H and O–H groups in total. The first-order valence-electron chi connectivity index (χ1n) is 11.3. The average molecular weight is 383 g/mol. The van der Waals surface area contributed by atoms with E-state index in [0.29, 0.717) is 5.41 Å². The van der Waals surface area contributed by atoms with Crippen LogP contribution in [-0.2, 0) is 12.0 Å². The number of hydrogen-bond donors (Lipinski definition) is 1. The Morgan fingerprint density at radius 2 is 1.74 bits per heavy atom. The first-order chi connectivity index (χ1) is 13.3. The third-order valence-electron chi connectivity index (χ3n) is 7.50. The molecule has 3 aliphatic rings. The second-order valence-electron chi connectivity index (χ2n) is 9.29. The van der Waals surface area contributed by atoms with E-state index in [-0.39, 0.29) is 0 Å². The summed E-state index contributed by atoms with van der Waals surface area (Å²) < 4.78 is 1.49. The van der Waals surface area contributed by atoms with E-state index in [0.717, 1.165) is 12.5 Å². The molecule has 2 aromatic rings. The van der Waals surface area contributed by atoms with Crippen LogP contribution < -0.4 is 5.32 Å². The molecule has 3 heteroatoms. The molecule has 27 heavy (non-hydrogen) atoms. The summed E-state index contributed by atoms with van der Waals surface area (Å²) in [6.07, 6.45) is 13.0. The highest BCUT2D eigenvalue weighted by atomic mass is 32.1. The van der Waals surface area contributed by atoms with Crippen molar-refractivity contribution in [2.45, 2.75) is 69.7 Å². The number of likely N-dealkylation sites (tertiary alicyclic amines) is 1. The van der Waals surface area contributed by atoms with Gasteiger partial charge in [-0.1, -0.05) is 50.3 Å². The van der Waals surface area contributed by atoms with Gasteiger partial charge in [0.1, 0.15) is 0 Å². The van der Waals surface area contributed by atoms with Crippen LogP contribution in [0.4, 0.5) is 0 Å².